The molecule has 0 unspecified atom stereocenters. The zero-order valence-electron chi connectivity index (χ0n) is 8.88. The topological polar surface area (TPSA) is 93.1 Å². The van der Waals surface area contributed by atoms with E-state index in [-0.39, 0.29) is 6.42 Å². The summed E-state index contributed by atoms with van der Waals surface area (Å²) in [5.41, 5.74) is 0. The highest BCUT2D eigenvalue weighted by Gasteiger charge is 2.22. The summed E-state index contributed by atoms with van der Waals surface area (Å²) in [4.78, 5) is 28.5. The van der Waals surface area contributed by atoms with Gasteiger partial charge < -0.3 is 19.3 Å². The van der Waals surface area contributed by atoms with Gasteiger partial charge in [0.1, 0.15) is 0 Å². The smallest absolute Gasteiger partial charge is 0.326 e. The van der Waals surface area contributed by atoms with E-state index in [9.17, 15) is 9.36 Å². The van der Waals surface area contributed by atoms with Gasteiger partial charge in [-0.3, -0.25) is 9.36 Å². The fourth-order valence-electron chi connectivity index (χ4n) is 0.910. The minimum Gasteiger partial charge on any atom is -0.346 e. The molecule has 90 valence electrons. The first-order valence-electron chi connectivity index (χ1n) is 4.71. The van der Waals surface area contributed by atoms with Gasteiger partial charge in [0.25, 0.3) is 0 Å². The molecule has 0 spiro atoms. The first-order chi connectivity index (χ1) is 6.90. The average molecular weight is 240 g/mol. The van der Waals surface area contributed by atoms with Crippen LogP contribution in [0.2, 0.25) is 0 Å². The Morgan fingerprint density at radius 2 is 1.73 bits per heavy atom. The van der Waals surface area contributed by atoms with Crippen molar-refractivity contribution in [3.8, 4) is 0 Å². The quantitative estimate of drug-likeness (QED) is 0.474. The lowest BCUT2D eigenvalue weighted by molar-refractivity contribution is -0.167. The molecule has 0 radical (unpaired) electrons. The SMILES string of the molecule is CCOC(OCC)C(=O)CCP(=O)(O)O. The normalized spacial score (nSPS) is 12.1. The van der Waals surface area contributed by atoms with Crippen molar-refractivity contribution in [2.75, 3.05) is 19.4 Å². The molecule has 0 aromatic rings. The number of Topliss-reactive ketones (excluding diaryl/α,β-unsaturated/α-hetero) is 1. The summed E-state index contributed by atoms with van der Waals surface area (Å²) in [6.45, 7) is 4.04. The van der Waals surface area contributed by atoms with Crippen molar-refractivity contribution in [3.05, 3.63) is 0 Å². The highest BCUT2D eigenvalue weighted by atomic mass is 31.2. The number of hydrogen-bond acceptors (Lipinski definition) is 4. The third kappa shape index (κ3) is 7.64. The molecular weight excluding hydrogens is 223 g/mol. The molecule has 0 bridgehead atoms. The fraction of sp³-hybridized carbons (Fsp3) is 0.875. The molecule has 0 aromatic carbocycles. The molecule has 0 aromatic heterocycles. The standard InChI is InChI=1S/C8H17O6P/c1-3-13-8(14-4-2)7(9)5-6-15(10,11)12/h8H,3-6H2,1-2H3,(H2,10,11,12). The van der Waals surface area contributed by atoms with E-state index in [0.717, 1.165) is 0 Å². The molecule has 0 rings (SSSR count). The van der Waals surface area contributed by atoms with Gasteiger partial charge in [0.05, 0.1) is 6.16 Å². The maximum Gasteiger partial charge on any atom is 0.326 e. The minimum absolute atomic E-state index is 0.241. The van der Waals surface area contributed by atoms with Crippen LogP contribution < -0.4 is 0 Å². The van der Waals surface area contributed by atoms with Crippen molar-refractivity contribution in [3.63, 3.8) is 0 Å². The van der Waals surface area contributed by atoms with Crippen LogP contribution in [-0.2, 0) is 18.8 Å². The van der Waals surface area contributed by atoms with E-state index >= 15 is 0 Å². The van der Waals surface area contributed by atoms with Gasteiger partial charge in [-0.1, -0.05) is 0 Å². The number of ketones is 1. The molecule has 0 atom stereocenters. The number of rotatable bonds is 8. The second-order valence-electron chi connectivity index (χ2n) is 2.85. The lowest BCUT2D eigenvalue weighted by Crippen LogP contribution is -2.28. The monoisotopic (exact) mass is 240 g/mol. The molecule has 0 fully saturated rings. The zero-order valence-corrected chi connectivity index (χ0v) is 9.77. The van der Waals surface area contributed by atoms with Crippen molar-refractivity contribution in [2.45, 2.75) is 26.6 Å². The van der Waals surface area contributed by atoms with Crippen LogP contribution in [0.25, 0.3) is 0 Å². The highest BCUT2D eigenvalue weighted by Crippen LogP contribution is 2.35. The van der Waals surface area contributed by atoms with Gasteiger partial charge in [0.15, 0.2) is 5.78 Å². The van der Waals surface area contributed by atoms with Crippen LogP contribution in [0.3, 0.4) is 0 Å². The van der Waals surface area contributed by atoms with E-state index in [1.807, 2.05) is 0 Å². The van der Waals surface area contributed by atoms with Crippen LogP contribution in [0.15, 0.2) is 0 Å². The Hall–Kier alpha value is -0.260. The molecule has 0 heterocycles. The Bertz CT molecular complexity index is 229. The third-order valence-electron chi connectivity index (χ3n) is 1.55. The molecule has 7 heteroatoms. The number of carbonyl (C=O) groups is 1. The number of carbonyl (C=O) groups excluding carboxylic acids is 1. The largest absolute Gasteiger partial charge is 0.346 e. The molecule has 0 amide bonds. The molecule has 0 aliphatic carbocycles. The predicted octanol–water partition coefficient (Wildman–Crippen LogP) is 0.522. The summed E-state index contributed by atoms with van der Waals surface area (Å²) in [6, 6.07) is 0. The van der Waals surface area contributed by atoms with Crippen LogP contribution >= 0.6 is 7.60 Å². The maximum absolute atomic E-state index is 11.4. The zero-order chi connectivity index (χ0) is 11.9. The van der Waals surface area contributed by atoms with Gasteiger partial charge in [0.2, 0.25) is 6.29 Å². The van der Waals surface area contributed by atoms with Crippen LogP contribution in [0, 0.1) is 0 Å². The lowest BCUT2D eigenvalue weighted by atomic mass is 10.3. The minimum atomic E-state index is -4.13. The van der Waals surface area contributed by atoms with Gasteiger partial charge in [-0.25, -0.2) is 0 Å². The predicted molar refractivity (Wildman–Crippen MR) is 53.6 cm³/mol. The van der Waals surface area contributed by atoms with Crippen molar-refractivity contribution in [1.82, 2.24) is 0 Å². The van der Waals surface area contributed by atoms with Gasteiger partial charge in [0, 0.05) is 19.6 Å². The average Bonchev–Trinajstić information content (AvgIpc) is 2.13. The Balaban J connectivity index is 4.08. The second-order valence-corrected chi connectivity index (χ2v) is 4.62. The van der Waals surface area contributed by atoms with E-state index < -0.39 is 25.8 Å². The lowest BCUT2D eigenvalue weighted by Gasteiger charge is -2.15. The fourth-order valence-corrected chi connectivity index (χ4v) is 1.42. The molecular formula is C8H17O6P. The molecule has 0 saturated heterocycles. The molecule has 2 N–H and O–H groups in total. The number of hydrogen-bond donors (Lipinski definition) is 2. The van der Waals surface area contributed by atoms with Gasteiger partial charge in [-0.15, -0.1) is 0 Å². The van der Waals surface area contributed by atoms with Gasteiger partial charge in [-0.05, 0) is 13.8 Å². The molecule has 15 heavy (non-hydrogen) atoms. The third-order valence-corrected chi connectivity index (χ3v) is 2.35. The van der Waals surface area contributed by atoms with Crippen LogP contribution in [0.4, 0.5) is 0 Å². The Kier molecular flexibility index (Phi) is 6.96. The molecule has 0 aliphatic rings. The maximum atomic E-state index is 11.4. The van der Waals surface area contributed by atoms with Crippen LogP contribution in [-0.4, -0.2) is 41.2 Å². The summed E-state index contributed by atoms with van der Waals surface area (Å²) < 4.78 is 20.5. The van der Waals surface area contributed by atoms with Crippen molar-refractivity contribution in [1.29, 1.82) is 0 Å². The molecule has 6 nitrogen and oxygen atoms in total. The first-order valence-corrected chi connectivity index (χ1v) is 6.51. The molecule has 0 saturated carbocycles. The van der Waals surface area contributed by atoms with Crippen molar-refractivity contribution in [2.24, 2.45) is 0 Å². The highest BCUT2D eigenvalue weighted by molar-refractivity contribution is 7.51. The summed E-state index contributed by atoms with van der Waals surface area (Å²) in [5, 5.41) is 0. The molecule has 0 aliphatic heterocycles. The Morgan fingerprint density at radius 1 is 1.27 bits per heavy atom. The van der Waals surface area contributed by atoms with E-state index in [0.29, 0.717) is 13.2 Å². The van der Waals surface area contributed by atoms with Crippen molar-refractivity contribution < 1.29 is 28.6 Å². The van der Waals surface area contributed by atoms with Gasteiger partial charge in [-0.2, -0.15) is 0 Å². The van der Waals surface area contributed by atoms with E-state index in [4.69, 9.17) is 19.3 Å². The van der Waals surface area contributed by atoms with Crippen molar-refractivity contribution >= 4 is 13.4 Å². The summed E-state index contributed by atoms with van der Waals surface area (Å²) in [6.07, 6.45) is -1.72. The Labute approximate surface area is 88.7 Å². The second kappa shape index (κ2) is 7.09. The van der Waals surface area contributed by atoms with E-state index in [1.165, 1.54) is 0 Å². The van der Waals surface area contributed by atoms with Gasteiger partial charge >= 0.3 is 7.60 Å². The summed E-state index contributed by atoms with van der Waals surface area (Å²) in [5.74, 6) is -0.443. The Morgan fingerprint density at radius 3 is 2.07 bits per heavy atom. The van der Waals surface area contributed by atoms with E-state index in [1.54, 1.807) is 13.8 Å². The number of ether oxygens (including phenoxy) is 2. The summed E-state index contributed by atoms with van der Waals surface area (Å²) >= 11 is 0. The van der Waals surface area contributed by atoms with Crippen LogP contribution in [0.5, 0.6) is 0 Å². The van der Waals surface area contributed by atoms with Crippen LogP contribution in [0.1, 0.15) is 20.3 Å². The summed E-state index contributed by atoms with van der Waals surface area (Å²) in [7, 11) is -4.13. The van der Waals surface area contributed by atoms with E-state index in [2.05, 4.69) is 0 Å². The first kappa shape index (κ1) is 14.7.